The van der Waals surface area contributed by atoms with Crippen LogP contribution in [0.5, 0.6) is 0 Å². The van der Waals surface area contributed by atoms with Gasteiger partial charge in [0.25, 0.3) is 0 Å². The first-order chi connectivity index (χ1) is 8.72. The summed E-state index contributed by atoms with van der Waals surface area (Å²) in [7, 11) is 0. The molecule has 2 rings (SSSR count). The molecule has 0 bridgehead atoms. The Morgan fingerprint density at radius 2 is 2.22 bits per heavy atom. The van der Waals surface area contributed by atoms with E-state index in [0.29, 0.717) is 23.9 Å². The number of nitrogens with one attached hydrogen (secondary N) is 2. The highest BCUT2D eigenvalue weighted by molar-refractivity contribution is 5.95. The van der Waals surface area contributed by atoms with Crippen LogP contribution < -0.4 is 5.32 Å². The molecule has 100 valence electrons. The highest BCUT2D eigenvalue weighted by Crippen LogP contribution is 2.25. The lowest BCUT2D eigenvalue weighted by Crippen LogP contribution is -2.14. The summed E-state index contributed by atoms with van der Waals surface area (Å²) in [6.45, 7) is 4.90. The first-order valence-corrected chi connectivity index (χ1v) is 6.68. The third-order valence-corrected chi connectivity index (χ3v) is 3.46. The summed E-state index contributed by atoms with van der Waals surface area (Å²) in [5.74, 6) is 1.02. The summed E-state index contributed by atoms with van der Waals surface area (Å²) in [5.41, 5.74) is 1.29. The van der Waals surface area contributed by atoms with Gasteiger partial charge in [-0.2, -0.15) is 5.10 Å². The monoisotopic (exact) mass is 251 g/mol. The van der Waals surface area contributed by atoms with Crippen molar-refractivity contribution in [1.29, 1.82) is 0 Å². The van der Waals surface area contributed by atoms with Gasteiger partial charge in [-0.3, -0.25) is 5.10 Å². The van der Waals surface area contributed by atoms with Crippen LogP contribution in [-0.2, 0) is 4.74 Å². The molecule has 1 aromatic rings. The van der Waals surface area contributed by atoms with Crippen LogP contribution in [0.1, 0.15) is 48.7 Å². The van der Waals surface area contributed by atoms with E-state index in [9.17, 15) is 4.79 Å². The summed E-state index contributed by atoms with van der Waals surface area (Å²) in [6, 6.07) is 0. The molecule has 0 unspecified atom stereocenters. The number of aromatic amines is 1. The first kappa shape index (κ1) is 12.9. The van der Waals surface area contributed by atoms with Gasteiger partial charge < -0.3 is 10.1 Å². The summed E-state index contributed by atoms with van der Waals surface area (Å²) in [5, 5.41) is 10.3. The molecule has 5 nitrogen and oxygen atoms in total. The van der Waals surface area contributed by atoms with E-state index >= 15 is 0 Å². The molecule has 0 atom stereocenters. The topological polar surface area (TPSA) is 67.0 Å². The first-order valence-electron chi connectivity index (χ1n) is 6.68. The molecule has 0 radical (unpaired) electrons. The van der Waals surface area contributed by atoms with Crippen LogP contribution in [0, 0.1) is 12.8 Å². The number of ether oxygens (including phenoxy) is 1. The summed E-state index contributed by atoms with van der Waals surface area (Å²) in [4.78, 5) is 11.8. The third-order valence-electron chi connectivity index (χ3n) is 3.46. The molecule has 1 saturated carbocycles. The fourth-order valence-corrected chi connectivity index (χ4v) is 2.47. The lowest BCUT2D eigenvalue weighted by atomic mass is 10.1. The van der Waals surface area contributed by atoms with E-state index in [2.05, 4.69) is 15.5 Å². The van der Waals surface area contributed by atoms with Crippen molar-refractivity contribution < 1.29 is 9.53 Å². The molecule has 0 saturated heterocycles. The maximum Gasteiger partial charge on any atom is 0.343 e. The molecule has 0 aliphatic heterocycles. The Kier molecular flexibility index (Phi) is 4.23. The van der Waals surface area contributed by atoms with Crippen molar-refractivity contribution in [3.63, 3.8) is 0 Å². The van der Waals surface area contributed by atoms with Crippen molar-refractivity contribution in [3.8, 4) is 0 Å². The number of esters is 1. The lowest BCUT2D eigenvalue weighted by molar-refractivity contribution is 0.0526. The number of aryl methyl sites for hydroxylation is 1. The number of rotatable bonds is 5. The molecule has 1 aliphatic carbocycles. The highest BCUT2D eigenvalue weighted by Gasteiger charge is 2.21. The van der Waals surface area contributed by atoms with E-state index in [4.69, 9.17) is 4.74 Å². The van der Waals surface area contributed by atoms with Gasteiger partial charge in [0, 0.05) is 12.2 Å². The minimum atomic E-state index is -0.308. The molecule has 5 heteroatoms. The van der Waals surface area contributed by atoms with Crippen molar-refractivity contribution in [2.45, 2.75) is 39.5 Å². The van der Waals surface area contributed by atoms with Gasteiger partial charge >= 0.3 is 5.97 Å². The molecule has 1 fully saturated rings. The van der Waals surface area contributed by atoms with E-state index < -0.39 is 0 Å². The average Bonchev–Trinajstić information content (AvgIpc) is 2.96. The SMILES string of the molecule is CCOC(=O)c1c(NCC2CCCC2)n[nH]c1C. The van der Waals surface area contributed by atoms with Crippen molar-refractivity contribution in [2.24, 2.45) is 5.92 Å². The van der Waals surface area contributed by atoms with Crippen LogP contribution in [0.25, 0.3) is 0 Å². The number of carbonyl (C=O) groups excluding carboxylic acids is 1. The number of hydrogen-bond acceptors (Lipinski definition) is 4. The van der Waals surface area contributed by atoms with E-state index in [1.807, 2.05) is 6.92 Å². The Morgan fingerprint density at radius 3 is 2.89 bits per heavy atom. The molecule has 0 amide bonds. The summed E-state index contributed by atoms with van der Waals surface area (Å²) in [6.07, 6.45) is 5.17. The Labute approximate surface area is 107 Å². The van der Waals surface area contributed by atoms with Crippen LogP contribution in [0.2, 0.25) is 0 Å². The molecular formula is C13H21N3O2. The van der Waals surface area contributed by atoms with E-state index in [-0.39, 0.29) is 5.97 Å². The van der Waals surface area contributed by atoms with Crippen molar-refractivity contribution in [1.82, 2.24) is 10.2 Å². The largest absolute Gasteiger partial charge is 0.462 e. The maximum absolute atomic E-state index is 11.8. The quantitative estimate of drug-likeness (QED) is 0.789. The van der Waals surface area contributed by atoms with Crippen LogP contribution in [0.4, 0.5) is 5.82 Å². The standard InChI is InChI=1S/C13H21N3O2/c1-3-18-13(17)11-9(2)15-16-12(11)14-8-10-6-4-5-7-10/h10H,3-8H2,1-2H3,(H2,14,15,16). The number of anilines is 1. The van der Waals surface area contributed by atoms with Crippen molar-refractivity contribution in [3.05, 3.63) is 11.3 Å². The zero-order chi connectivity index (χ0) is 13.0. The Morgan fingerprint density at radius 1 is 1.50 bits per heavy atom. The molecule has 2 N–H and O–H groups in total. The van der Waals surface area contributed by atoms with E-state index in [1.54, 1.807) is 6.92 Å². The molecule has 0 aromatic carbocycles. The zero-order valence-corrected chi connectivity index (χ0v) is 11.1. The normalized spacial score (nSPS) is 15.9. The van der Waals surface area contributed by atoms with E-state index in [1.165, 1.54) is 25.7 Å². The van der Waals surface area contributed by atoms with Crippen molar-refractivity contribution >= 4 is 11.8 Å². The zero-order valence-electron chi connectivity index (χ0n) is 11.1. The van der Waals surface area contributed by atoms with Gasteiger partial charge in [0.05, 0.1) is 6.61 Å². The number of carbonyl (C=O) groups is 1. The van der Waals surface area contributed by atoms with Crippen LogP contribution in [0.15, 0.2) is 0 Å². The second-order valence-corrected chi connectivity index (χ2v) is 4.82. The second kappa shape index (κ2) is 5.89. The van der Waals surface area contributed by atoms with Crippen molar-refractivity contribution in [2.75, 3.05) is 18.5 Å². The molecule has 0 spiro atoms. The molecule has 1 aliphatic rings. The Bertz CT molecular complexity index is 408. The van der Waals surface area contributed by atoms with Gasteiger partial charge in [-0.05, 0) is 32.6 Å². The average molecular weight is 251 g/mol. The van der Waals surface area contributed by atoms with Gasteiger partial charge in [-0.25, -0.2) is 4.79 Å². The van der Waals surface area contributed by atoms with Gasteiger partial charge in [0.15, 0.2) is 5.82 Å². The van der Waals surface area contributed by atoms with Crippen LogP contribution >= 0.6 is 0 Å². The minimum Gasteiger partial charge on any atom is -0.462 e. The third kappa shape index (κ3) is 2.83. The molecule has 1 aromatic heterocycles. The number of nitrogens with zero attached hydrogens (tertiary/aromatic N) is 1. The highest BCUT2D eigenvalue weighted by atomic mass is 16.5. The lowest BCUT2D eigenvalue weighted by Gasteiger charge is -2.11. The predicted octanol–water partition coefficient (Wildman–Crippen LogP) is 2.50. The van der Waals surface area contributed by atoms with Gasteiger partial charge in [0.1, 0.15) is 5.56 Å². The predicted molar refractivity (Wildman–Crippen MR) is 69.7 cm³/mol. The van der Waals surface area contributed by atoms with E-state index in [0.717, 1.165) is 12.2 Å². The summed E-state index contributed by atoms with van der Waals surface area (Å²) < 4.78 is 5.04. The number of hydrogen-bond donors (Lipinski definition) is 2. The Balaban J connectivity index is 2.01. The number of H-pyrrole nitrogens is 1. The Hall–Kier alpha value is -1.52. The fourth-order valence-electron chi connectivity index (χ4n) is 2.47. The van der Waals surface area contributed by atoms with Gasteiger partial charge in [-0.1, -0.05) is 12.8 Å². The number of aromatic nitrogens is 2. The molecular weight excluding hydrogens is 230 g/mol. The molecule has 1 heterocycles. The fraction of sp³-hybridized carbons (Fsp3) is 0.692. The maximum atomic E-state index is 11.8. The van der Waals surface area contributed by atoms with Crippen LogP contribution in [0.3, 0.4) is 0 Å². The van der Waals surface area contributed by atoms with Gasteiger partial charge in [0.2, 0.25) is 0 Å². The smallest absolute Gasteiger partial charge is 0.343 e. The minimum absolute atomic E-state index is 0.308. The van der Waals surface area contributed by atoms with Crippen LogP contribution in [-0.4, -0.2) is 29.3 Å². The van der Waals surface area contributed by atoms with Gasteiger partial charge in [-0.15, -0.1) is 0 Å². The molecule has 18 heavy (non-hydrogen) atoms. The summed E-state index contributed by atoms with van der Waals surface area (Å²) >= 11 is 0. The second-order valence-electron chi connectivity index (χ2n) is 4.82.